The highest BCUT2D eigenvalue weighted by Gasteiger charge is 1.99. The molecule has 2 N–H and O–H groups in total. The van der Waals surface area contributed by atoms with Crippen molar-refractivity contribution in [3.63, 3.8) is 0 Å². The maximum atomic E-state index is 12.9. The summed E-state index contributed by atoms with van der Waals surface area (Å²) < 4.78 is 23.6. The third kappa shape index (κ3) is 7.90. The van der Waals surface area contributed by atoms with E-state index >= 15 is 0 Å². The number of halogens is 2. The van der Waals surface area contributed by atoms with E-state index < -0.39 is 0 Å². The standard InChI is InChI=1S/C19H24FN3O2.HI/c1-21-19(22-12-11-15-3-5-16(20)6-4-15)23-13-14-25-18-9-7-17(24-2)8-10-18;/h3-10H,11-14H2,1-2H3,(H2,21,22,23);1H. The van der Waals surface area contributed by atoms with Crippen LogP contribution in [0.5, 0.6) is 11.5 Å². The molecule has 0 unspecified atom stereocenters. The Morgan fingerprint density at radius 2 is 1.58 bits per heavy atom. The maximum Gasteiger partial charge on any atom is 0.191 e. The number of nitrogens with zero attached hydrogens (tertiary/aromatic N) is 1. The lowest BCUT2D eigenvalue weighted by molar-refractivity contribution is 0.321. The molecule has 0 aromatic heterocycles. The van der Waals surface area contributed by atoms with E-state index in [1.807, 2.05) is 24.3 Å². The van der Waals surface area contributed by atoms with Crippen molar-refractivity contribution in [3.8, 4) is 11.5 Å². The highest BCUT2D eigenvalue weighted by atomic mass is 127. The molecule has 0 amide bonds. The van der Waals surface area contributed by atoms with Crippen LogP contribution in [0.4, 0.5) is 4.39 Å². The van der Waals surface area contributed by atoms with Crippen LogP contribution in [0.2, 0.25) is 0 Å². The fraction of sp³-hybridized carbons (Fsp3) is 0.316. The van der Waals surface area contributed by atoms with E-state index in [1.54, 1.807) is 26.3 Å². The summed E-state index contributed by atoms with van der Waals surface area (Å²) in [5.74, 6) is 2.09. The molecule has 0 atom stereocenters. The average Bonchev–Trinajstić information content (AvgIpc) is 2.65. The summed E-state index contributed by atoms with van der Waals surface area (Å²) in [5, 5.41) is 6.41. The summed E-state index contributed by atoms with van der Waals surface area (Å²) in [5.41, 5.74) is 1.08. The average molecular weight is 473 g/mol. The first-order chi connectivity index (χ1) is 12.2. The number of benzene rings is 2. The van der Waals surface area contributed by atoms with E-state index in [0.29, 0.717) is 25.7 Å². The topological polar surface area (TPSA) is 54.9 Å². The van der Waals surface area contributed by atoms with Gasteiger partial charge in [-0.05, 0) is 48.4 Å². The summed E-state index contributed by atoms with van der Waals surface area (Å²) in [6.07, 6.45) is 0.795. The largest absolute Gasteiger partial charge is 0.497 e. The second kappa shape index (κ2) is 12.3. The smallest absolute Gasteiger partial charge is 0.191 e. The first-order valence-electron chi connectivity index (χ1n) is 8.17. The van der Waals surface area contributed by atoms with Gasteiger partial charge in [-0.25, -0.2) is 4.39 Å². The third-order valence-electron chi connectivity index (χ3n) is 3.57. The van der Waals surface area contributed by atoms with Crippen LogP contribution in [0.15, 0.2) is 53.5 Å². The number of guanidine groups is 1. The van der Waals surface area contributed by atoms with Gasteiger partial charge in [0.1, 0.15) is 23.9 Å². The van der Waals surface area contributed by atoms with Crippen molar-refractivity contribution < 1.29 is 13.9 Å². The predicted molar refractivity (Wildman–Crippen MR) is 113 cm³/mol. The van der Waals surface area contributed by atoms with Gasteiger partial charge in [-0.15, -0.1) is 24.0 Å². The van der Waals surface area contributed by atoms with E-state index in [-0.39, 0.29) is 29.8 Å². The van der Waals surface area contributed by atoms with Gasteiger partial charge in [0.15, 0.2) is 5.96 Å². The Morgan fingerprint density at radius 1 is 0.962 bits per heavy atom. The summed E-state index contributed by atoms with van der Waals surface area (Å²) in [4.78, 5) is 4.16. The number of hydrogen-bond donors (Lipinski definition) is 2. The van der Waals surface area contributed by atoms with Crippen LogP contribution < -0.4 is 20.1 Å². The number of methoxy groups -OCH3 is 1. The summed E-state index contributed by atoms with van der Waals surface area (Å²) in [6, 6.07) is 14.0. The van der Waals surface area contributed by atoms with Crippen molar-refractivity contribution in [2.24, 2.45) is 4.99 Å². The number of ether oxygens (including phenoxy) is 2. The first-order valence-corrected chi connectivity index (χ1v) is 8.17. The van der Waals surface area contributed by atoms with Gasteiger partial charge < -0.3 is 20.1 Å². The van der Waals surface area contributed by atoms with Crippen LogP contribution in [0.1, 0.15) is 5.56 Å². The van der Waals surface area contributed by atoms with Crippen LogP contribution in [0.3, 0.4) is 0 Å². The molecule has 2 aromatic carbocycles. The van der Waals surface area contributed by atoms with Crippen molar-refractivity contribution >= 4 is 29.9 Å². The minimum Gasteiger partial charge on any atom is -0.497 e. The van der Waals surface area contributed by atoms with Crippen LogP contribution in [0.25, 0.3) is 0 Å². The molecule has 0 aliphatic carbocycles. The van der Waals surface area contributed by atoms with Gasteiger partial charge in [0, 0.05) is 13.6 Å². The molecule has 0 aliphatic heterocycles. The minimum atomic E-state index is -0.217. The molecule has 0 bridgehead atoms. The Bertz CT molecular complexity index is 663. The Hall–Kier alpha value is -2.03. The Kier molecular flexibility index (Phi) is 10.5. The number of nitrogens with one attached hydrogen (secondary N) is 2. The van der Waals surface area contributed by atoms with Gasteiger partial charge in [0.05, 0.1) is 13.7 Å². The number of hydrogen-bond acceptors (Lipinski definition) is 3. The molecule has 0 fully saturated rings. The molecule has 2 rings (SSSR count). The zero-order chi connectivity index (χ0) is 17.9. The molecule has 0 heterocycles. The number of rotatable bonds is 8. The normalized spacial score (nSPS) is 10.7. The molecule has 0 radical (unpaired) electrons. The van der Waals surface area contributed by atoms with Crippen molar-refractivity contribution in [1.29, 1.82) is 0 Å². The fourth-order valence-corrected chi connectivity index (χ4v) is 2.21. The lowest BCUT2D eigenvalue weighted by atomic mass is 10.1. The summed E-state index contributed by atoms with van der Waals surface area (Å²) in [7, 11) is 3.35. The minimum absolute atomic E-state index is 0. The fourth-order valence-electron chi connectivity index (χ4n) is 2.21. The van der Waals surface area contributed by atoms with Crippen molar-refractivity contribution in [2.75, 3.05) is 33.9 Å². The van der Waals surface area contributed by atoms with Crippen molar-refractivity contribution in [2.45, 2.75) is 6.42 Å². The zero-order valence-corrected chi connectivity index (χ0v) is 17.3. The summed E-state index contributed by atoms with van der Waals surface area (Å²) in [6.45, 7) is 1.86. The quantitative estimate of drug-likeness (QED) is 0.268. The Morgan fingerprint density at radius 3 is 2.19 bits per heavy atom. The lowest BCUT2D eigenvalue weighted by Crippen LogP contribution is -2.40. The van der Waals surface area contributed by atoms with Gasteiger partial charge in [-0.2, -0.15) is 0 Å². The second-order valence-electron chi connectivity index (χ2n) is 5.33. The second-order valence-corrected chi connectivity index (χ2v) is 5.33. The van der Waals surface area contributed by atoms with E-state index in [4.69, 9.17) is 9.47 Å². The summed E-state index contributed by atoms with van der Waals surface area (Å²) >= 11 is 0. The molecule has 0 spiro atoms. The monoisotopic (exact) mass is 473 g/mol. The first kappa shape index (κ1) is 22.0. The maximum absolute atomic E-state index is 12.9. The van der Waals surface area contributed by atoms with Gasteiger partial charge >= 0.3 is 0 Å². The molecule has 0 aliphatic rings. The van der Waals surface area contributed by atoms with E-state index in [0.717, 1.165) is 23.5 Å². The van der Waals surface area contributed by atoms with Gasteiger partial charge in [0.25, 0.3) is 0 Å². The predicted octanol–water partition coefficient (Wildman–Crippen LogP) is 3.24. The molecular formula is C19H25FIN3O2. The van der Waals surface area contributed by atoms with Crippen LogP contribution in [0, 0.1) is 5.82 Å². The molecule has 0 saturated carbocycles. The number of aliphatic imine (C=N–C) groups is 1. The molecule has 26 heavy (non-hydrogen) atoms. The highest BCUT2D eigenvalue weighted by molar-refractivity contribution is 14.0. The third-order valence-corrected chi connectivity index (χ3v) is 3.57. The highest BCUT2D eigenvalue weighted by Crippen LogP contribution is 2.16. The van der Waals surface area contributed by atoms with Crippen molar-refractivity contribution in [1.82, 2.24) is 10.6 Å². The molecule has 0 saturated heterocycles. The van der Waals surface area contributed by atoms with Gasteiger partial charge in [-0.1, -0.05) is 12.1 Å². The van der Waals surface area contributed by atoms with Crippen LogP contribution in [-0.4, -0.2) is 39.8 Å². The molecule has 142 valence electrons. The van der Waals surface area contributed by atoms with E-state index in [2.05, 4.69) is 15.6 Å². The zero-order valence-electron chi connectivity index (χ0n) is 15.0. The molecule has 2 aromatic rings. The molecular weight excluding hydrogens is 448 g/mol. The Balaban J connectivity index is 0.00000338. The van der Waals surface area contributed by atoms with E-state index in [9.17, 15) is 4.39 Å². The lowest BCUT2D eigenvalue weighted by Gasteiger charge is -2.12. The Labute approximate surface area is 171 Å². The van der Waals surface area contributed by atoms with Crippen LogP contribution in [-0.2, 0) is 6.42 Å². The molecule has 7 heteroatoms. The van der Waals surface area contributed by atoms with Gasteiger partial charge in [0.2, 0.25) is 0 Å². The SMILES string of the molecule is CN=C(NCCOc1ccc(OC)cc1)NCCc1ccc(F)cc1.I. The van der Waals surface area contributed by atoms with Crippen molar-refractivity contribution in [3.05, 3.63) is 59.9 Å². The molecule has 5 nitrogen and oxygen atoms in total. The van der Waals surface area contributed by atoms with Gasteiger partial charge in [-0.3, -0.25) is 4.99 Å². The van der Waals surface area contributed by atoms with E-state index in [1.165, 1.54) is 12.1 Å². The van der Waals surface area contributed by atoms with Crippen LogP contribution >= 0.6 is 24.0 Å².